The van der Waals surface area contributed by atoms with Gasteiger partial charge in [-0.25, -0.2) is 0 Å². The molecule has 5 rings (SSSR count). The van der Waals surface area contributed by atoms with Gasteiger partial charge < -0.3 is 4.74 Å². The largest absolute Gasteiger partial charge is 0.469 e. The molecule has 4 aliphatic carbocycles. The molecule has 4 saturated carbocycles. The molecule has 0 spiro atoms. The predicted octanol–water partition coefficient (Wildman–Crippen LogP) is 6.33. The Morgan fingerprint density at radius 3 is 2.44 bits per heavy atom. The number of fused-ring (bicyclic) bond motifs is 5. The Morgan fingerprint density at radius 1 is 1.03 bits per heavy atom. The third kappa shape index (κ3) is 5.47. The molecular formula is C32H46O6S. The van der Waals surface area contributed by atoms with Gasteiger partial charge in [0.25, 0.3) is 10.1 Å². The van der Waals surface area contributed by atoms with Gasteiger partial charge in [-0.15, -0.1) is 0 Å². The molecule has 1 unspecified atom stereocenters. The van der Waals surface area contributed by atoms with Crippen LogP contribution in [0.4, 0.5) is 0 Å². The summed E-state index contributed by atoms with van der Waals surface area (Å²) >= 11 is 0. The molecule has 0 N–H and O–H groups in total. The predicted molar refractivity (Wildman–Crippen MR) is 150 cm³/mol. The first kappa shape index (κ1) is 28.8. The zero-order valence-electron chi connectivity index (χ0n) is 24.1. The molecule has 39 heavy (non-hydrogen) atoms. The first-order valence-corrected chi connectivity index (χ1v) is 16.6. The van der Waals surface area contributed by atoms with Gasteiger partial charge in [0.15, 0.2) is 0 Å². The van der Waals surface area contributed by atoms with Crippen molar-refractivity contribution in [3.8, 4) is 0 Å². The number of Topliss-reactive ketones (excluding diaryl/α,β-unsaturated/α-hetero) is 1. The van der Waals surface area contributed by atoms with Crippen molar-refractivity contribution in [2.75, 3.05) is 7.11 Å². The minimum atomic E-state index is -3.69. The van der Waals surface area contributed by atoms with Crippen molar-refractivity contribution in [3.05, 3.63) is 35.9 Å². The summed E-state index contributed by atoms with van der Waals surface area (Å²) in [4.78, 5) is 25.6. The maximum absolute atomic E-state index is 13.9. The lowest BCUT2D eigenvalue weighted by molar-refractivity contribution is -0.160. The number of ether oxygens (including phenoxy) is 1. The molecule has 7 heteroatoms. The SMILES string of the molecule is COC(=O)CC[C@@H](C)[C@H]1CC[C@H]2[C@@H]3C(=O)C[C@@H]4CC(OS(=O)(=O)Cc5ccccc5)CC[C@]4(C)[C@H]3CC[C@]12C. The molecule has 0 radical (unpaired) electrons. The lowest BCUT2D eigenvalue weighted by Crippen LogP contribution is -2.57. The van der Waals surface area contributed by atoms with E-state index in [1.165, 1.54) is 7.11 Å². The van der Waals surface area contributed by atoms with Crippen molar-refractivity contribution < 1.29 is 26.9 Å². The van der Waals surface area contributed by atoms with Crippen molar-refractivity contribution in [2.45, 2.75) is 96.8 Å². The van der Waals surface area contributed by atoms with Crippen LogP contribution in [0.2, 0.25) is 0 Å². The van der Waals surface area contributed by atoms with Crippen molar-refractivity contribution >= 4 is 21.9 Å². The molecule has 4 aliphatic rings. The lowest BCUT2D eigenvalue weighted by atomic mass is 9.44. The van der Waals surface area contributed by atoms with E-state index in [0.717, 1.165) is 50.5 Å². The molecule has 0 heterocycles. The molecule has 0 saturated heterocycles. The van der Waals surface area contributed by atoms with Gasteiger partial charge in [0, 0.05) is 18.8 Å². The highest BCUT2D eigenvalue weighted by atomic mass is 32.2. The maximum Gasteiger partial charge on any atom is 0.305 e. The summed E-state index contributed by atoms with van der Waals surface area (Å²) in [5.74, 6) is 2.18. The van der Waals surface area contributed by atoms with E-state index in [2.05, 4.69) is 20.8 Å². The van der Waals surface area contributed by atoms with Crippen molar-refractivity contribution in [2.24, 2.45) is 46.3 Å². The van der Waals surface area contributed by atoms with Gasteiger partial charge in [-0.3, -0.25) is 13.8 Å². The highest BCUT2D eigenvalue weighted by Gasteiger charge is 2.63. The fraction of sp³-hybridized carbons (Fsp3) is 0.750. The van der Waals surface area contributed by atoms with Gasteiger partial charge in [0.05, 0.1) is 13.2 Å². The van der Waals surface area contributed by atoms with Crippen LogP contribution in [0.5, 0.6) is 0 Å². The second-order valence-corrected chi connectivity index (χ2v) is 15.2. The summed E-state index contributed by atoms with van der Waals surface area (Å²) in [6.45, 7) is 7.08. The first-order valence-electron chi connectivity index (χ1n) is 15.0. The van der Waals surface area contributed by atoms with E-state index in [9.17, 15) is 18.0 Å². The summed E-state index contributed by atoms with van der Waals surface area (Å²) < 4.78 is 36.3. The molecule has 1 aromatic carbocycles. The van der Waals surface area contributed by atoms with Crippen LogP contribution in [-0.4, -0.2) is 33.4 Å². The number of esters is 1. The number of benzene rings is 1. The van der Waals surface area contributed by atoms with E-state index in [1.54, 1.807) is 0 Å². The van der Waals surface area contributed by atoms with Crippen LogP contribution in [0, 0.1) is 46.3 Å². The number of ketones is 1. The van der Waals surface area contributed by atoms with E-state index < -0.39 is 10.1 Å². The summed E-state index contributed by atoms with van der Waals surface area (Å²) in [6, 6.07) is 9.17. The Hall–Kier alpha value is -1.73. The molecule has 0 amide bonds. The number of methoxy groups -OCH3 is 1. The third-order valence-electron chi connectivity index (χ3n) is 11.7. The quantitative estimate of drug-likeness (QED) is 0.274. The molecule has 6 nitrogen and oxygen atoms in total. The van der Waals surface area contributed by atoms with Crippen LogP contribution in [0.1, 0.15) is 90.5 Å². The second kappa shape index (κ2) is 10.9. The summed E-state index contributed by atoms with van der Waals surface area (Å²) in [5.41, 5.74) is 0.924. The lowest BCUT2D eigenvalue weighted by Gasteiger charge is -2.60. The fourth-order valence-corrected chi connectivity index (χ4v) is 10.9. The first-order chi connectivity index (χ1) is 18.5. The maximum atomic E-state index is 13.9. The highest BCUT2D eigenvalue weighted by Crippen LogP contribution is 2.67. The normalized spacial score (nSPS) is 38.8. The molecular weight excluding hydrogens is 512 g/mol. The fourth-order valence-electron chi connectivity index (χ4n) is 9.62. The van der Waals surface area contributed by atoms with Gasteiger partial charge in [-0.1, -0.05) is 51.1 Å². The van der Waals surface area contributed by atoms with Gasteiger partial charge >= 0.3 is 5.97 Å². The molecule has 4 fully saturated rings. The third-order valence-corrected chi connectivity index (χ3v) is 12.9. The minimum Gasteiger partial charge on any atom is -0.469 e. The zero-order valence-corrected chi connectivity index (χ0v) is 24.9. The molecule has 1 aromatic rings. The van der Waals surface area contributed by atoms with Gasteiger partial charge in [0.2, 0.25) is 0 Å². The standard InChI is InChI=1S/C32H46O6S/c1-21(10-13-29(34)37-4)25-11-12-26-30-27(15-17-32(25,26)3)31(2)16-14-24(18-23(31)19-28(30)33)38-39(35,36)20-22-8-6-5-7-9-22/h5-9,21,23-27,30H,10-20H2,1-4H3/t21-,23+,24?,25-,26+,27+,30+,31+,32-/m1/s1. The minimum absolute atomic E-state index is 0.0531. The van der Waals surface area contributed by atoms with E-state index in [0.29, 0.717) is 48.7 Å². The summed E-state index contributed by atoms with van der Waals surface area (Å²) in [7, 11) is -2.24. The Morgan fingerprint density at radius 2 is 1.72 bits per heavy atom. The number of carbonyl (C=O) groups is 2. The highest BCUT2D eigenvalue weighted by molar-refractivity contribution is 7.85. The van der Waals surface area contributed by atoms with Gasteiger partial charge in [-0.05, 0) is 97.3 Å². The van der Waals surface area contributed by atoms with E-state index in [4.69, 9.17) is 8.92 Å². The van der Waals surface area contributed by atoms with Crippen molar-refractivity contribution in [3.63, 3.8) is 0 Å². The molecule has 0 bridgehead atoms. The van der Waals surface area contributed by atoms with E-state index in [-0.39, 0.29) is 40.5 Å². The number of hydrogen-bond acceptors (Lipinski definition) is 6. The van der Waals surface area contributed by atoms with Crippen molar-refractivity contribution in [1.82, 2.24) is 0 Å². The van der Waals surface area contributed by atoms with Gasteiger partial charge in [-0.2, -0.15) is 8.42 Å². The number of hydrogen-bond donors (Lipinski definition) is 0. The molecule has 0 aliphatic heterocycles. The molecule has 0 aromatic heterocycles. The zero-order chi connectivity index (χ0) is 28.0. The van der Waals surface area contributed by atoms with Crippen LogP contribution < -0.4 is 0 Å². The Labute approximate surface area is 234 Å². The topological polar surface area (TPSA) is 86.7 Å². The summed E-state index contributed by atoms with van der Waals surface area (Å²) in [6.07, 6.45) is 8.23. The average molecular weight is 559 g/mol. The van der Waals surface area contributed by atoms with E-state index >= 15 is 0 Å². The number of carbonyl (C=O) groups excluding carboxylic acids is 2. The van der Waals surface area contributed by atoms with Crippen LogP contribution in [-0.2, 0) is 34.4 Å². The molecule has 216 valence electrons. The van der Waals surface area contributed by atoms with Gasteiger partial charge in [0.1, 0.15) is 11.5 Å². The number of rotatable bonds is 8. The second-order valence-electron chi connectivity index (χ2n) is 13.6. The van der Waals surface area contributed by atoms with E-state index in [1.807, 2.05) is 30.3 Å². The van der Waals surface area contributed by atoms with Crippen LogP contribution >= 0.6 is 0 Å². The summed E-state index contributed by atoms with van der Waals surface area (Å²) in [5, 5.41) is 0. The van der Waals surface area contributed by atoms with Crippen molar-refractivity contribution in [1.29, 1.82) is 0 Å². The smallest absolute Gasteiger partial charge is 0.305 e. The van der Waals surface area contributed by atoms with Crippen LogP contribution in [0.3, 0.4) is 0 Å². The average Bonchev–Trinajstić information content (AvgIpc) is 3.25. The van der Waals surface area contributed by atoms with Crippen LogP contribution in [0.15, 0.2) is 30.3 Å². The Kier molecular flexibility index (Phi) is 8.06. The Balaban J connectivity index is 1.26. The molecule has 9 atom stereocenters. The van der Waals surface area contributed by atoms with Crippen LogP contribution in [0.25, 0.3) is 0 Å². The Bertz CT molecular complexity index is 1160. The monoisotopic (exact) mass is 558 g/mol.